The zero-order valence-corrected chi connectivity index (χ0v) is 13.0. The van der Waals surface area contributed by atoms with E-state index in [2.05, 4.69) is 0 Å². The molecule has 0 amide bonds. The summed E-state index contributed by atoms with van der Waals surface area (Å²) in [7, 11) is 0. The Kier molecular flexibility index (Phi) is 5.31. The average Bonchev–Trinajstić information content (AvgIpc) is 2.50. The average molecular weight is 383 g/mol. The number of halogens is 7. The molecule has 0 unspecified atom stereocenters. The molecule has 2 rings (SSSR count). The van der Waals surface area contributed by atoms with Crippen molar-refractivity contribution >= 4 is 17.9 Å². The Balaban J connectivity index is 2.33. The lowest BCUT2D eigenvalue weighted by Gasteiger charge is -2.15. The molecule has 0 spiro atoms. The van der Waals surface area contributed by atoms with E-state index in [4.69, 9.17) is 16.3 Å². The highest BCUT2D eigenvalue weighted by molar-refractivity contribution is 6.31. The van der Waals surface area contributed by atoms with Gasteiger partial charge in [-0.15, -0.1) is 0 Å². The van der Waals surface area contributed by atoms with Crippen LogP contribution in [0.4, 0.5) is 26.3 Å². The summed E-state index contributed by atoms with van der Waals surface area (Å²) in [6.07, 6.45) is -9.39. The first-order valence-electron chi connectivity index (χ1n) is 6.66. The smallest absolute Gasteiger partial charge is 0.416 e. The summed E-state index contributed by atoms with van der Waals surface area (Å²) in [5.41, 5.74) is -3.03. The number of hydrogen-bond donors (Lipinski definition) is 0. The van der Waals surface area contributed by atoms with E-state index in [1.54, 1.807) is 0 Å². The Bertz CT molecular complexity index is 751. The van der Waals surface area contributed by atoms with Crippen LogP contribution < -0.4 is 4.74 Å². The topological polar surface area (TPSA) is 26.3 Å². The van der Waals surface area contributed by atoms with E-state index in [-0.39, 0.29) is 28.0 Å². The van der Waals surface area contributed by atoms with Crippen LogP contribution in [0.25, 0.3) is 0 Å². The maximum Gasteiger partial charge on any atom is 0.416 e. The van der Waals surface area contributed by atoms with E-state index in [9.17, 15) is 31.1 Å². The van der Waals surface area contributed by atoms with Gasteiger partial charge in [-0.3, -0.25) is 4.79 Å². The van der Waals surface area contributed by atoms with Gasteiger partial charge in [0.1, 0.15) is 18.6 Å². The molecule has 0 aromatic heterocycles. The zero-order valence-electron chi connectivity index (χ0n) is 12.2. The highest BCUT2D eigenvalue weighted by Crippen LogP contribution is 2.36. The lowest BCUT2D eigenvalue weighted by atomic mass is 10.1. The third-order valence-corrected chi connectivity index (χ3v) is 3.30. The summed E-state index contributed by atoms with van der Waals surface area (Å²) in [5, 5.41) is 0.139. The summed E-state index contributed by atoms with van der Waals surface area (Å²) in [5.74, 6) is 0.0422. The van der Waals surface area contributed by atoms with E-state index in [0.717, 1.165) is 0 Å². The fraction of sp³-hybridized carbons (Fsp3) is 0.188. The van der Waals surface area contributed by atoms with Crippen molar-refractivity contribution in [3.63, 3.8) is 0 Å². The fourth-order valence-electron chi connectivity index (χ4n) is 2.01. The Morgan fingerprint density at radius 1 is 0.880 bits per heavy atom. The first-order chi connectivity index (χ1) is 11.5. The predicted octanol–water partition coefficient (Wildman–Crippen LogP) is 5.77. The molecular weight excluding hydrogens is 374 g/mol. The van der Waals surface area contributed by atoms with Crippen LogP contribution in [0.15, 0.2) is 36.4 Å². The van der Waals surface area contributed by atoms with E-state index in [1.807, 2.05) is 0 Å². The molecule has 0 fully saturated rings. The minimum Gasteiger partial charge on any atom is -0.489 e. The van der Waals surface area contributed by atoms with Gasteiger partial charge < -0.3 is 4.74 Å². The third-order valence-electron chi connectivity index (χ3n) is 3.08. The number of aldehydes is 1. The highest BCUT2D eigenvalue weighted by Gasteiger charge is 2.36. The standard InChI is InChI=1S/C16H9ClF6O2/c17-13-3-9(7-24)4-14(6-13)25-8-10-1-11(15(18,19)20)5-12(2-10)16(21,22)23/h1-7H,8H2. The number of carbonyl (C=O) groups excluding carboxylic acids is 1. The van der Waals surface area contributed by atoms with Crippen molar-refractivity contribution in [1.29, 1.82) is 0 Å². The van der Waals surface area contributed by atoms with Crippen LogP contribution in [0.1, 0.15) is 27.0 Å². The second-order valence-corrected chi connectivity index (χ2v) is 5.48. The Morgan fingerprint density at radius 2 is 1.44 bits per heavy atom. The number of rotatable bonds is 4. The van der Waals surface area contributed by atoms with E-state index in [1.165, 1.54) is 18.2 Å². The van der Waals surface area contributed by atoms with Crippen molar-refractivity contribution in [2.45, 2.75) is 19.0 Å². The number of ether oxygens (including phenoxy) is 1. The number of alkyl halides is 6. The van der Waals surface area contributed by atoms with E-state index in [0.29, 0.717) is 18.4 Å². The van der Waals surface area contributed by atoms with Gasteiger partial charge in [0.2, 0.25) is 0 Å². The van der Waals surface area contributed by atoms with Crippen molar-refractivity contribution in [3.05, 3.63) is 63.7 Å². The van der Waals surface area contributed by atoms with Crippen LogP contribution in [0.3, 0.4) is 0 Å². The van der Waals surface area contributed by atoms with Gasteiger partial charge in [0.15, 0.2) is 0 Å². The van der Waals surface area contributed by atoms with Crippen LogP contribution in [-0.2, 0) is 19.0 Å². The molecular formula is C16H9ClF6O2. The van der Waals surface area contributed by atoms with Gasteiger partial charge >= 0.3 is 12.4 Å². The van der Waals surface area contributed by atoms with Crippen molar-refractivity contribution in [2.75, 3.05) is 0 Å². The second kappa shape index (κ2) is 6.95. The molecule has 0 N–H and O–H groups in total. The fourth-order valence-corrected chi connectivity index (χ4v) is 2.24. The minimum atomic E-state index is -4.93. The summed E-state index contributed by atoms with van der Waals surface area (Å²) in [4.78, 5) is 10.7. The van der Waals surface area contributed by atoms with Crippen LogP contribution in [-0.4, -0.2) is 6.29 Å². The monoisotopic (exact) mass is 382 g/mol. The molecule has 2 aromatic carbocycles. The van der Waals surface area contributed by atoms with Gasteiger partial charge in [0, 0.05) is 10.6 Å². The third kappa shape index (κ3) is 5.12. The Labute approximate surface area is 143 Å². The summed E-state index contributed by atoms with van der Waals surface area (Å²) in [6.45, 7) is -0.564. The molecule has 25 heavy (non-hydrogen) atoms. The predicted molar refractivity (Wildman–Crippen MR) is 77.6 cm³/mol. The summed E-state index contributed by atoms with van der Waals surface area (Å²) < 4.78 is 81.9. The SMILES string of the molecule is O=Cc1cc(Cl)cc(OCc2cc(C(F)(F)F)cc(C(F)(F)F)c2)c1. The molecule has 134 valence electrons. The lowest BCUT2D eigenvalue weighted by Crippen LogP contribution is -2.12. The summed E-state index contributed by atoms with van der Waals surface area (Å²) >= 11 is 5.74. The molecule has 0 saturated carbocycles. The van der Waals surface area contributed by atoms with Gasteiger partial charge in [-0.05, 0) is 42.0 Å². The molecule has 0 heterocycles. The molecule has 0 aliphatic heterocycles. The van der Waals surface area contributed by atoms with Crippen LogP contribution >= 0.6 is 11.6 Å². The van der Waals surface area contributed by atoms with Crippen LogP contribution in [0.5, 0.6) is 5.75 Å². The first-order valence-corrected chi connectivity index (χ1v) is 7.04. The molecule has 0 aliphatic rings. The van der Waals surface area contributed by atoms with E-state index >= 15 is 0 Å². The molecule has 0 saturated heterocycles. The van der Waals surface area contributed by atoms with Gasteiger partial charge in [-0.1, -0.05) is 11.6 Å². The molecule has 0 aliphatic carbocycles. The quantitative estimate of drug-likeness (QED) is 0.495. The largest absolute Gasteiger partial charge is 0.489 e. The molecule has 2 nitrogen and oxygen atoms in total. The normalized spacial score (nSPS) is 12.1. The Morgan fingerprint density at radius 3 is 1.92 bits per heavy atom. The first kappa shape index (κ1) is 19.1. The Hall–Kier alpha value is -2.22. The van der Waals surface area contributed by atoms with Crippen molar-refractivity contribution in [1.82, 2.24) is 0 Å². The van der Waals surface area contributed by atoms with Crippen molar-refractivity contribution in [2.24, 2.45) is 0 Å². The van der Waals surface area contributed by atoms with E-state index < -0.39 is 30.1 Å². The maximum atomic E-state index is 12.8. The molecule has 0 atom stereocenters. The molecule has 0 radical (unpaired) electrons. The maximum absolute atomic E-state index is 12.8. The van der Waals surface area contributed by atoms with Crippen molar-refractivity contribution in [3.8, 4) is 5.75 Å². The van der Waals surface area contributed by atoms with Gasteiger partial charge in [-0.25, -0.2) is 0 Å². The van der Waals surface area contributed by atoms with Gasteiger partial charge in [-0.2, -0.15) is 26.3 Å². The lowest BCUT2D eigenvalue weighted by molar-refractivity contribution is -0.143. The summed E-state index contributed by atoms with van der Waals surface area (Å²) in [6, 6.07) is 5.05. The van der Waals surface area contributed by atoms with Crippen molar-refractivity contribution < 1.29 is 35.9 Å². The number of carbonyl (C=O) groups is 1. The van der Waals surface area contributed by atoms with Gasteiger partial charge in [0.05, 0.1) is 11.1 Å². The second-order valence-electron chi connectivity index (χ2n) is 5.04. The highest BCUT2D eigenvalue weighted by atomic mass is 35.5. The minimum absolute atomic E-state index is 0.0351. The molecule has 0 bridgehead atoms. The van der Waals surface area contributed by atoms with Gasteiger partial charge in [0.25, 0.3) is 0 Å². The van der Waals surface area contributed by atoms with Crippen LogP contribution in [0, 0.1) is 0 Å². The number of hydrogen-bond acceptors (Lipinski definition) is 2. The molecule has 2 aromatic rings. The molecule has 9 heteroatoms. The number of benzene rings is 2. The van der Waals surface area contributed by atoms with Crippen LogP contribution in [0.2, 0.25) is 5.02 Å². The zero-order chi connectivity index (χ0) is 18.8.